The lowest BCUT2D eigenvalue weighted by atomic mass is 10.0. The van der Waals surface area contributed by atoms with Crippen LogP contribution >= 0.6 is 31.9 Å². The van der Waals surface area contributed by atoms with Gasteiger partial charge in [-0.1, -0.05) is 56.8 Å². The summed E-state index contributed by atoms with van der Waals surface area (Å²) in [5.74, 6) is 0.787. The van der Waals surface area contributed by atoms with Gasteiger partial charge < -0.3 is 4.42 Å². The molecule has 0 radical (unpaired) electrons. The summed E-state index contributed by atoms with van der Waals surface area (Å²) < 4.78 is 5.99. The normalized spacial score (nSPS) is 17.7. The van der Waals surface area contributed by atoms with E-state index in [1.165, 1.54) is 12.8 Å². The molecule has 0 N–H and O–H groups in total. The van der Waals surface area contributed by atoms with E-state index in [1.54, 1.807) is 6.07 Å². The van der Waals surface area contributed by atoms with Crippen molar-refractivity contribution in [1.29, 1.82) is 0 Å². The molecule has 1 saturated carbocycles. The number of para-hydroxylation sites is 1. The fourth-order valence-electron chi connectivity index (χ4n) is 2.94. The first kappa shape index (κ1) is 14.3. The molecule has 1 aromatic carbocycles. The van der Waals surface area contributed by atoms with Crippen molar-refractivity contribution < 1.29 is 4.42 Å². The first-order valence-corrected chi connectivity index (χ1v) is 8.87. The molecule has 0 spiro atoms. The third-order valence-corrected chi connectivity index (χ3v) is 5.62. The van der Waals surface area contributed by atoms with Gasteiger partial charge in [-0.2, -0.15) is 0 Å². The number of halogens is 2. The predicted molar refractivity (Wildman–Crippen MR) is 89.1 cm³/mol. The second-order valence-electron chi connectivity index (χ2n) is 5.38. The van der Waals surface area contributed by atoms with Crippen molar-refractivity contribution >= 4 is 42.8 Å². The summed E-state index contributed by atoms with van der Waals surface area (Å²) in [7, 11) is 0. The van der Waals surface area contributed by atoms with Crippen molar-refractivity contribution in [2.24, 2.45) is 0 Å². The minimum Gasteiger partial charge on any atom is -0.459 e. The summed E-state index contributed by atoms with van der Waals surface area (Å²) in [6.07, 6.45) is 5.27. The van der Waals surface area contributed by atoms with E-state index in [9.17, 15) is 4.79 Å². The van der Waals surface area contributed by atoms with Gasteiger partial charge in [-0.15, -0.1) is 0 Å². The van der Waals surface area contributed by atoms with Crippen LogP contribution in [0.3, 0.4) is 0 Å². The lowest BCUT2D eigenvalue weighted by molar-refractivity contribution is 0.460. The van der Waals surface area contributed by atoms with Crippen LogP contribution in [0.5, 0.6) is 0 Å². The Labute approximate surface area is 134 Å². The molecule has 0 atom stereocenters. The Morgan fingerprint density at radius 2 is 2.00 bits per heavy atom. The zero-order chi connectivity index (χ0) is 14.2. The van der Waals surface area contributed by atoms with Crippen molar-refractivity contribution in [3.05, 3.63) is 45.8 Å². The third kappa shape index (κ3) is 2.48. The second kappa shape index (κ2) is 5.64. The van der Waals surface area contributed by atoms with Crippen molar-refractivity contribution in [2.45, 2.75) is 36.4 Å². The zero-order valence-corrected chi connectivity index (χ0v) is 14.3. The van der Waals surface area contributed by atoms with Gasteiger partial charge in [0.05, 0.1) is 9.71 Å². The number of benzene rings is 1. The molecule has 1 aliphatic rings. The summed E-state index contributed by atoms with van der Waals surface area (Å²) in [5.41, 5.74) is 1.90. The van der Waals surface area contributed by atoms with Gasteiger partial charge in [0.25, 0.3) is 0 Å². The highest BCUT2D eigenvalue weighted by molar-refractivity contribution is 9.09. The minimum atomic E-state index is -0.151. The monoisotopic (exact) mass is 398 g/mol. The second-order valence-corrected chi connectivity index (χ2v) is 7.69. The number of alkyl halides is 2. The van der Waals surface area contributed by atoms with Crippen LogP contribution in [0.1, 0.15) is 37.0 Å². The van der Waals surface area contributed by atoms with Gasteiger partial charge in [-0.25, -0.2) is 0 Å². The average Bonchev–Trinajstić information content (AvgIpc) is 2.88. The van der Waals surface area contributed by atoms with Crippen molar-refractivity contribution in [1.82, 2.24) is 0 Å². The van der Waals surface area contributed by atoms with Gasteiger partial charge in [0.1, 0.15) is 11.3 Å². The molecule has 1 aromatic heterocycles. The highest BCUT2D eigenvalue weighted by Gasteiger charge is 2.35. The highest BCUT2D eigenvalue weighted by Crippen LogP contribution is 2.46. The number of hydrogen-bond acceptors (Lipinski definition) is 2. The van der Waals surface area contributed by atoms with E-state index in [-0.39, 0.29) is 9.75 Å². The standard InChI is InChI=1S/C16H16Br2O2/c17-9-6-11-4-3-5-12-13(19)10-14(20-15(11)12)16(18)7-1-2-8-16/h3-5,10H,1-2,6-9H2. The maximum atomic E-state index is 12.4. The average molecular weight is 400 g/mol. The SMILES string of the molecule is O=c1cc(C2(Br)CCCC2)oc2c(CCBr)cccc12. The van der Waals surface area contributed by atoms with Crippen molar-refractivity contribution in [2.75, 3.05) is 5.33 Å². The number of hydrogen-bond donors (Lipinski definition) is 0. The lowest BCUT2D eigenvalue weighted by Crippen LogP contribution is -2.16. The van der Waals surface area contributed by atoms with Gasteiger partial charge in [0.15, 0.2) is 5.43 Å². The van der Waals surface area contributed by atoms with Gasteiger partial charge >= 0.3 is 0 Å². The molecule has 2 nitrogen and oxygen atoms in total. The van der Waals surface area contributed by atoms with Crippen LogP contribution in [0, 0.1) is 0 Å². The summed E-state index contributed by atoms with van der Waals surface area (Å²) in [4.78, 5) is 12.4. The summed E-state index contributed by atoms with van der Waals surface area (Å²) in [6.45, 7) is 0. The Morgan fingerprint density at radius 1 is 1.25 bits per heavy atom. The summed E-state index contributed by atoms with van der Waals surface area (Å²) >= 11 is 7.25. The molecular formula is C16H16Br2O2. The third-order valence-electron chi connectivity index (χ3n) is 4.04. The van der Waals surface area contributed by atoms with E-state index in [0.717, 1.165) is 41.5 Å². The molecule has 0 unspecified atom stereocenters. The van der Waals surface area contributed by atoms with E-state index in [0.29, 0.717) is 5.39 Å². The molecule has 0 bridgehead atoms. The predicted octanol–water partition coefficient (Wildman–Crippen LogP) is 4.89. The first-order chi connectivity index (χ1) is 9.64. The Bertz CT molecular complexity index is 684. The molecule has 0 aliphatic heterocycles. The highest BCUT2D eigenvalue weighted by atomic mass is 79.9. The molecule has 0 saturated heterocycles. The van der Waals surface area contributed by atoms with Gasteiger partial charge in [0.2, 0.25) is 0 Å². The Hall–Kier alpha value is -0.610. The molecule has 106 valence electrons. The number of aryl methyl sites for hydroxylation is 1. The fourth-order valence-corrected chi connectivity index (χ4v) is 4.12. The molecular weight excluding hydrogens is 384 g/mol. The maximum absolute atomic E-state index is 12.4. The van der Waals surface area contributed by atoms with Crippen LogP contribution in [0.15, 0.2) is 33.5 Å². The molecule has 1 heterocycles. The van der Waals surface area contributed by atoms with Crippen LogP contribution in [0.2, 0.25) is 0 Å². The van der Waals surface area contributed by atoms with E-state index in [4.69, 9.17) is 4.42 Å². The van der Waals surface area contributed by atoms with E-state index < -0.39 is 0 Å². The lowest BCUT2D eigenvalue weighted by Gasteiger charge is -2.20. The molecule has 3 rings (SSSR count). The fraction of sp³-hybridized carbons (Fsp3) is 0.438. The first-order valence-electron chi connectivity index (χ1n) is 6.95. The minimum absolute atomic E-state index is 0.0587. The van der Waals surface area contributed by atoms with Crippen LogP contribution < -0.4 is 5.43 Å². The smallest absolute Gasteiger partial charge is 0.193 e. The van der Waals surface area contributed by atoms with Crippen LogP contribution in [0.25, 0.3) is 11.0 Å². The van der Waals surface area contributed by atoms with Gasteiger partial charge in [-0.3, -0.25) is 4.79 Å². The van der Waals surface area contributed by atoms with Crippen LogP contribution in [-0.2, 0) is 10.7 Å². The molecule has 1 fully saturated rings. The molecule has 20 heavy (non-hydrogen) atoms. The van der Waals surface area contributed by atoms with Crippen LogP contribution in [0.4, 0.5) is 0 Å². The molecule has 0 amide bonds. The quantitative estimate of drug-likeness (QED) is 0.687. The van der Waals surface area contributed by atoms with E-state index >= 15 is 0 Å². The molecule has 2 aromatic rings. The Morgan fingerprint density at radius 3 is 2.70 bits per heavy atom. The van der Waals surface area contributed by atoms with E-state index in [1.807, 2.05) is 18.2 Å². The van der Waals surface area contributed by atoms with Gasteiger partial charge in [-0.05, 0) is 30.9 Å². The molecule has 4 heteroatoms. The zero-order valence-electron chi connectivity index (χ0n) is 11.1. The summed E-state index contributed by atoms with van der Waals surface area (Å²) in [5, 5.41) is 1.54. The Kier molecular flexibility index (Phi) is 4.04. The van der Waals surface area contributed by atoms with E-state index in [2.05, 4.69) is 31.9 Å². The largest absolute Gasteiger partial charge is 0.459 e. The Balaban J connectivity index is 2.21. The topological polar surface area (TPSA) is 30.2 Å². The molecule has 1 aliphatic carbocycles. The number of rotatable bonds is 3. The van der Waals surface area contributed by atoms with Gasteiger partial charge in [0, 0.05) is 11.4 Å². The summed E-state index contributed by atoms with van der Waals surface area (Å²) in [6, 6.07) is 7.47. The number of fused-ring (bicyclic) bond motifs is 1. The van der Waals surface area contributed by atoms with Crippen molar-refractivity contribution in [3.8, 4) is 0 Å². The maximum Gasteiger partial charge on any atom is 0.193 e. The van der Waals surface area contributed by atoms with Crippen molar-refractivity contribution in [3.63, 3.8) is 0 Å². The van der Waals surface area contributed by atoms with Crippen LogP contribution in [-0.4, -0.2) is 5.33 Å².